The quantitative estimate of drug-likeness (QED) is 0.592. The molecular weight excluding hydrogens is 228 g/mol. The maximum Gasteiger partial charge on any atom is 0.0897 e. The summed E-state index contributed by atoms with van der Waals surface area (Å²) in [5.41, 5.74) is 0. The van der Waals surface area contributed by atoms with Crippen molar-refractivity contribution in [2.75, 3.05) is 26.2 Å². The van der Waals surface area contributed by atoms with Gasteiger partial charge in [0.2, 0.25) is 0 Å². The molecule has 0 amide bonds. The molecule has 4 atom stereocenters. The molecule has 18 heavy (non-hydrogen) atoms. The number of rotatable bonds is 7. The minimum absolute atomic E-state index is 0.345. The van der Waals surface area contributed by atoms with Crippen LogP contribution in [0.5, 0.6) is 0 Å². The molecule has 4 heteroatoms. The van der Waals surface area contributed by atoms with E-state index in [4.69, 9.17) is 4.74 Å². The second-order valence-corrected chi connectivity index (χ2v) is 5.74. The fourth-order valence-corrected chi connectivity index (χ4v) is 3.15. The van der Waals surface area contributed by atoms with Crippen LogP contribution in [0.1, 0.15) is 39.0 Å². The highest BCUT2D eigenvalue weighted by Crippen LogP contribution is 2.32. The molecule has 0 bridgehead atoms. The fourth-order valence-electron chi connectivity index (χ4n) is 3.15. The van der Waals surface area contributed by atoms with E-state index in [0.717, 1.165) is 31.7 Å². The summed E-state index contributed by atoms with van der Waals surface area (Å²) in [5, 5.41) is 16.6. The Bertz CT molecular complexity index is 238. The van der Waals surface area contributed by atoms with E-state index in [1.54, 1.807) is 0 Å². The molecule has 4 nitrogen and oxygen atoms in total. The van der Waals surface area contributed by atoms with Gasteiger partial charge in [0, 0.05) is 12.6 Å². The van der Waals surface area contributed by atoms with Crippen molar-refractivity contribution in [1.82, 2.24) is 10.6 Å². The van der Waals surface area contributed by atoms with Gasteiger partial charge in [-0.1, -0.05) is 6.92 Å². The van der Waals surface area contributed by atoms with Gasteiger partial charge < -0.3 is 20.5 Å². The maximum absolute atomic E-state index is 9.79. The zero-order valence-electron chi connectivity index (χ0n) is 11.5. The molecule has 4 unspecified atom stereocenters. The molecule has 2 fully saturated rings. The van der Waals surface area contributed by atoms with Gasteiger partial charge in [-0.25, -0.2) is 0 Å². The van der Waals surface area contributed by atoms with E-state index < -0.39 is 0 Å². The second-order valence-electron chi connectivity index (χ2n) is 5.74. The molecule has 0 aromatic heterocycles. The third kappa shape index (κ3) is 4.19. The third-order valence-electron chi connectivity index (χ3n) is 4.20. The van der Waals surface area contributed by atoms with Gasteiger partial charge in [-0.05, 0) is 51.1 Å². The van der Waals surface area contributed by atoms with Gasteiger partial charge in [0.15, 0.2) is 0 Å². The number of hydrogen-bond acceptors (Lipinski definition) is 4. The predicted molar refractivity (Wildman–Crippen MR) is 72.7 cm³/mol. The summed E-state index contributed by atoms with van der Waals surface area (Å²) in [5.74, 6) is 0.876. The number of hydrogen-bond donors (Lipinski definition) is 3. The van der Waals surface area contributed by atoms with Gasteiger partial charge in [-0.15, -0.1) is 0 Å². The van der Waals surface area contributed by atoms with Crippen LogP contribution in [0.25, 0.3) is 0 Å². The molecule has 2 rings (SSSR count). The average molecular weight is 256 g/mol. The predicted octanol–water partition coefficient (Wildman–Crippen LogP) is 0.894. The van der Waals surface area contributed by atoms with E-state index in [9.17, 15) is 5.11 Å². The minimum atomic E-state index is -0.370. The summed E-state index contributed by atoms with van der Waals surface area (Å²) in [4.78, 5) is 0. The van der Waals surface area contributed by atoms with Crippen LogP contribution < -0.4 is 10.6 Å². The van der Waals surface area contributed by atoms with Crippen molar-refractivity contribution < 1.29 is 9.84 Å². The molecule has 1 saturated heterocycles. The molecule has 0 aromatic rings. The first-order valence-electron chi connectivity index (χ1n) is 7.53. The highest BCUT2D eigenvalue weighted by molar-refractivity contribution is 4.90. The lowest BCUT2D eigenvalue weighted by Crippen LogP contribution is -2.39. The van der Waals surface area contributed by atoms with Crippen molar-refractivity contribution in [2.45, 2.75) is 57.3 Å². The Hall–Kier alpha value is -0.160. The van der Waals surface area contributed by atoms with Crippen molar-refractivity contribution in [3.05, 3.63) is 0 Å². The fraction of sp³-hybridized carbons (Fsp3) is 1.00. The van der Waals surface area contributed by atoms with E-state index in [0.29, 0.717) is 25.3 Å². The molecule has 2 aliphatic rings. The van der Waals surface area contributed by atoms with Crippen molar-refractivity contribution in [3.8, 4) is 0 Å². The summed E-state index contributed by atoms with van der Waals surface area (Å²) in [6, 6.07) is 0.666. The first-order valence-corrected chi connectivity index (χ1v) is 7.53. The first kappa shape index (κ1) is 14.3. The summed E-state index contributed by atoms with van der Waals surface area (Å²) in [6.07, 6.45) is 5.99. The molecular formula is C14H28N2O2. The normalized spacial score (nSPS) is 33.3. The Morgan fingerprint density at radius 2 is 2.28 bits per heavy atom. The number of fused-ring (bicyclic) bond motifs is 1. The zero-order valence-corrected chi connectivity index (χ0v) is 11.5. The standard InChI is InChI=1S/C14H28N2O2/c1-2-6-15-9-12(17)10-18-13-4-3-11-5-7-16-14(11)8-13/h11-17H,2-10H2,1H3. The van der Waals surface area contributed by atoms with E-state index in [2.05, 4.69) is 17.6 Å². The molecule has 0 spiro atoms. The molecule has 1 saturated carbocycles. The smallest absolute Gasteiger partial charge is 0.0897 e. The van der Waals surface area contributed by atoms with Crippen LogP contribution in [-0.2, 0) is 4.74 Å². The molecule has 1 aliphatic heterocycles. The zero-order chi connectivity index (χ0) is 12.8. The van der Waals surface area contributed by atoms with Crippen molar-refractivity contribution in [3.63, 3.8) is 0 Å². The molecule has 106 valence electrons. The van der Waals surface area contributed by atoms with Gasteiger partial charge in [0.25, 0.3) is 0 Å². The lowest BCUT2D eigenvalue weighted by atomic mass is 9.84. The second kappa shape index (κ2) is 7.43. The van der Waals surface area contributed by atoms with Crippen molar-refractivity contribution >= 4 is 0 Å². The Kier molecular flexibility index (Phi) is 5.89. The van der Waals surface area contributed by atoms with Crippen LogP contribution in [0.4, 0.5) is 0 Å². The summed E-state index contributed by atoms with van der Waals surface area (Å²) in [7, 11) is 0. The van der Waals surface area contributed by atoms with E-state index in [-0.39, 0.29) is 6.10 Å². The van der Waals surface area contributed by atoms with Gasteiger partial charge in [-0.2, -0.15) is 0 Å². The average Bonchev–Trinajstić information content (AvgIpc) is 2.84. The van der Waals surface area contributed by atoms with Crippen molar-refractivity contribution in [1.29, 1.82) is 0 Å². The number of aliphatic hydroxyl groups is 1. The van der Waals surface area contributed by atoms with Gasteiger partial charge in [0.05, 0.1) is 18.8 Å². The highest BCUT2D eigenvalue weighted by Gasteiger charge is 2.33. The Morgan fingerprint density at radius 1 is 1.39 bits per heavy atom. The Labute approximate surface area is 110 Å². The van der Waals surface area contributed by atoms with Crippen molar-refractivity contribution in [2.24, 2.45) is 5.92 Å². The highest BCUT2D eigenvalue weighted by atomic mass is 16.5. The van der Waals surface area contributed by atoms with Gasteiger partial charge >= 0.3 is 0 Å². The summed E-state index contributed by atoms with van der Waals surface area (Å²) < 4.78 is 5.85. The Balaban J connectivity index is 1.58. The first-order chi connectivity index (χ1) is 8.79. The number of nitrogens with one attached hydrogen (secondary N) is 2. The van der Waals surface area contributed by atoms with Gasteiger partial charge in [0.1, 0.15) is 0 Å². The van der Waals surface area contributed by atoms with Crippen LogP contribution in [0.15, 0.2) is 0 Å². The topological polar surface area (TPSA) is 53.5 Å². The molecule has 0 aromatic carbocycles. The van der Waals surface area contributed by atoms with Gasteiger partial charge in [-0.3, -0.25) is 0 Å². The van der Waals surface area contributed by atoms with E-state index in [1.807, 2.05) is 0 Å². The summed E-state index contributed by atoms with van der Waals surface area (Å²) >= 11 is 0. The Morgan fingerprint density at radius 3 is 3.11 bits per heavy atom. The summed E-state index contributed by atoms with van der Waals surface area (Å²) in [6.45, 7) is 5.38. The van der Waals surface area contributed by atoms with Crippen LogP contribution in [0.3, 0.4) is 0 Å². The van der Waals surface area contributed by atoms with Crippen LogP contribution in [0, 0.1) is 5.92 Å². The van der Waals surface area contributed by atoms with Crippen LogP contribution in [0.2, 0.25) is 0 Å². The molecule has 1 heterocycles. The molecule has 0 radical (unpaired) electrons. The number of ether oxygens (including phenoxy) is 1. The lowest BCUT2D eigenvalue weighted by molar-refractivity contribution is -0.0319. The SMILES string of the molecule is CCCNCC(O)COC1CCC2CCNC2C1. The maximum atomic E-state index is 9.79. The minimum Gasteiger partial charge on any atom is -0.389 e. The monoisotopic (exact) mass is 256 g/mol. The third-order valence-corrected chi connectivity index (χ3v) is 4.20. The molecule has 3 N–H and O–H groups in total. The van der Waals surface area contributed by atoms with E-state index in [1.165, 1.54) is 19.4 Å². The van der Waals surface area contributed by atoms with E-state index >= 15 is 0 Å². The number of aliphatic hydroxyl groups excluding tert-OH is 1. The molecule has 1 aliphatic carbocycles. The van der Waals surface area contributed by atoms with Crippen LogP contribution >= 0.6 is 0 Å². The largest absolute Gasteiger partial charge is 0.389 e. The van der Waals surface area contributed by atoms with Crippen LogP contribution in [-0.4, -0.2) is 49.6 Å². The lowest BCUT2D eigenvalue weighted by Gasteiger charge is -2.32.